The summed E-state index contributed by atoms with van der Waals surface area (Å²) in [5.74, 6) is 1.64. The van der Waals surface area contributed by atoms with Gasteiger partial charge in [0.15, 0.2) is 0 Å². The van der Waals surface area contributed by atoms with Gasteiger partial charge in [0.25, 0.3) is 16.0 Å². The Morgan fingerprint density at radius 3 is 2.28 bits per heavy atom. The molecule has 32 heavy (non-hydrogen) atoms. The van der Waals surface area contributed by atoms with Crippen LogP contribution in [0, 0.1) is 5.92 Å². The van der Waals surface area contributed by atoms with Crippen molar-refractivity contribution in [3.8, 4) is 0 Å². The number of aryl methyl sites for hydroxylation is 1. The van der Waals surface area contributed by atoms with Gasteiger partial charge in [0, 0.05) is 30.6 Å². The van der Waals surface area contributed by atoms with Gasteiger partial charge in [-0.25, -0.2) is 0 Å². The monoisotopic (exact) mass is 454 g/mol. The quantitative estimate of drug-likeness (QED) is 0.702. The van der Waals surface area contributed by atoms with Gasteiger partial charge in [-0.05, 0) is 80.4 Å². The number of piperidine rings is 3. The highest BCUT2D eigenvalue weighted by molar-refractivity contribution is 7.85. The van der Waals surface area contributed by atoms with Crippen LogP contribution in [0.3, 0.4) is 0 Å². The second-order valence-corrected chi connectivity index (χ2v) is 10.8. The van der Waals surface area contributed by atoms with Crippen LogP contribution in [0.15, 0.2) is 53.4 Å². The molecule has 4 heterocycles. The van der Waals surface area contributed by atoms with E-state index >= 15 is 0 Å². The van der Waals surface area contributed by atoms with Crippen molar-refractivity contribution in [1.29, 1.82) is 0 Å². The second kappa shape index (κ2) is 8.61. The fourth-order valence-corrected chi connectivity index (χ4v) is 6.51. The van der Waals surface area contributed by atoms with Crippen LogP contribution in [0.2, 0.25) is 0 Å². The Bertz CT molecular complexity index is 1090. The van der Waals surface area contributed by atoms with Crippen LogP contribution in [0.5, 0.6) is 0 Å². The molecule has 2 bridgehead atoms. The van der Waals surface area contributed by atoms with Crippen molar-refractivity contribution in [2.75, 3.05) is 26.2 Å². The minimum Gasteiger partial charge on any atom is -0.333 e. The van der Waals surface area contributed by atoms with E-state index in [4.69, 9.17) is 4.55 Å². The molecule has 2 aromatic carbocycles. The van der Waals surface area contributed by atoms with Crippen LogP contribution >= 0.6 is 0 Å². The van der Waals surface area contributed by atoms with Crippen LogP contribution in [-0.2, 0) is 16.5 Å². The summed E-state index contributed by atoms with van der Waals surface area (Å²) in [5.41, 5.74) is 3.86. The summed E-state index contributed by atoms with van der Waals surface area (Å²) in [6.45, 7) is 4.57. The molecule has 7 heteroatoms. The van der Waals surface area contributed by atoms with Crippen LogP contribution in [0.1, 0.15) is 53.1 Å². The van der Waals surface area contributed by atoms with E-state index in [9.17, 15) is 13.2 Å². The van der Waals surface area contributed by atoms with E-state index in [0.717, 1.165) is 31.0 Å². The van der Waals surface area contributed by atoms with E-state index in [1.165, 1.54) is 62.0 Å². The Kier molecular flexibility index (Phi) is 5.82. The second-order valence-electron chi connectivity index (χ2n) is 9.42. The summed E-state index contributed by atoms with van der Waals surface area (Å²) in [7, 11) is -4.00. The first-order valence-electron chi connectivity index (χ1n) is 11.6. The van der Waals surface area contributed by atoms with Crippen molar-refractivity contribution < 1.29 is 17.8 Å². The van der Waals surface area contributed by atoms with Gasteiger partial charge in [-0.2, -0.15) is 8.42 Å². The third-order valence-electron chi connectivity index (χ3n) is 7.57. The molecule has 2 aromatic rings. The summed E-state index contributed by atoms with van der Waals surface area (Å²) in [6.07, 6.45) is 6.27. The van der Waals surface area contributed by atoms with Crippen molar-refractivity contribution in [3.63, 3.8) is 0 Å². The molecular weight excluding hydrogens is 424 g/mol. The third-order valence-corrected chi connectivity index (χ3v) is 8.44. The normalized spacial score (nSPS) is 28.5. The van der Waals surface area contributed by atoms with Crippen molar-refractivity contribution in [2.24, 2.45) is 5.92 Å². The topological polar surface area (TPSA) is 77.9 Å². The van der Waals surface area contributed by atoms with E-state index in [2.05, 4.69) is 28.0 Å². The highest BCUT2D eigenvalue weighted by Gasteiger charge is 2.43. The summed E-state index contributed by atoms with van der Waals surface area (Å²) >= 11 is 0. The maximum Gasteiger partial charge on any atom is 0.294 e. The molecule has 0 unspecified atom stereocenters. The van der Waals surface area contributed by atoms with Crippen LogP contribution < -0.4 is 0 Å². The first-order chi connectivity index (χ1) is 15.4. The zero-order valence-electron chi connectivity index (χ0n) is 18.2. The lowest BCUT2D eigenvalue weighted by atomic mass is 9.75. The number of carbonyl (C=O) groups is 1. The SMILES string of the molecule is O=C1c2cccc3c2[C@H](CCC3)CN1[C@@H]1CN2CCC1CC2.O=S(=O)(O)c1ccccc1. The molecule has 2 atom stereocenters. The largest absolute Gasteiger partial charge is 0.333 e. The van der Waals surface area contributed by atoms with E-state index in [1.54, 1.807) is 18.2 Å². The highest BCUT2D eigenvalue weighted by atomic mass is 32.2. The van der Waals surface area contributed by atoms with E-state index in [-0.39, 0.29) is 4.90 Å². The standard InChI is InChI=1S/C19H24N2O.C6H6O3S/c22-19-16-6-2-4-14-3-1-5-15(18(14)16)11-21(19)17-12-20-9-7-13(17)8-10-20;7-10(8,9)6-4-2-1-3-5-6/h2,4,6,13,15,17H,1,3,5,7-12H2;1-5H,(H,7,8,9)/t15-,17-;/m1./s1. The number of nitrogens with zero attached hydrogens (tertiary/aromatic N) is 2. The van der Waals surface area contributed by atoms with Crippen molar-refractivity contribution in [1.82, 2.24) is 9.80 Å². The average molecular weight is 455 g/mol. The Labute approximate surface area is 190 Å². The minimum absolute atomic E-state index is 0.0741. The minimum atomic E-state index is -4.00. The number of benzene rings is 2. The molecule has 3 fully saturated rings. The Morgan fingerprint density at radius 2 is 1.66 bits per heavy atom. The van der Waals surface area contributed by atoms with Gasteiger partial charge < -0.3 is 9.80 Å². The lowest BCUT2D eigenvalue weighted by Gasteiger charge is -2.51. The van der Waals surface area contributed by atoms with Gasteiger partial charge >= 0.3 is 0 Å². The predicted octanol–water partition coefficient (Wildman–Crippen LogP) is 3.59. The van der Waals surface area contributed by atoms with Gasteiger partial charge in [0.2, 0.25) is 0 Å². The molecule has 0 spiro atoms. The smallest absolute Gasteiger partial charge is 0.294 e. The molecule has 170 valence electrons. The summed E-state index contributed by atoms with van der Waals surface area (Å²) < 4.78 is 29.2. The van der Waals surface area contributed by atoms with Crippen molar-refractivity contribution in [2.45, 2.75) is 49.0 Å². The number of carbonyl (C=O) groups excluding carboxylic acids is 1. The lowest BCUT2D eigenvalue weighted by molar-refractivity contribution is 0.00258. The molecule has 1 aliphatic carbocycles. The Morgan fingerprint density at radius 1 is 0.906 bits per heavy atom. The maximum absolute atomic E-state index is 13.1. The van der Waals surface area contributed by atoms with E-state index < -0.39 is 10.1 Å². The Hall–Kier alpha value is -2.22. The number of rotatable bonds is 2. The fraction of sp³-hybridized carbons (Fsp3) is 0.480. The summed E-state index contributed by atoms with van der Waals surface area (Å²) in [5, 5.41) is 0. The first kappa shape index (κ1) is 21.6. The zero-order chi connectivity index (χ0) is 22.3. The van der Waals surface area contributed by atoms with Crippen LogP contribution in [0.25, 0.3) is 0 Å². The molecule has 6 nitrogen and oxygen atoms in total. The van der Waals surface area contributed by atoms with Crippen molar-refractivity contribution in [3.05, 3.63) is 65.2 Å². The lowest BCUT2D eigenvalue weighted by Crippen LogP contribution is -2.60. The van der Waals surface area contributed by atoms with Gasteiger partial charge in [-0.3, -0.25) is 9.35 Å². The Balaban J connectivity index is 0.000000183. The number of hydrogen-bond donors (Lipinski definition) is 1. The predicted molar refractivity (Wildman–Crippen MR) is 122 cm³/mol. The van der Waals surface area contributed by atoms with Gasteiger partial charge in [-0.1, -0.05) is 30.3 Å². The summed E-state index contributed by atoms with van der Waals surface area (Å²) in [6, 6.07) is 14.3. The van der Waals surface area contributed by atoms with Gasteiger partial charge in [0.05, 0.1) is 4.90 Å². The highest BCUT2D eigenvalue weighted by Crippen LogP contribution is 2.41. The molecule has 0 aromatic heterocycles. The average Bonchev–Trinajstić information content (AvgIpc) is 2.82. The number of hydrogen-bond acceptors (Lipinski definition) is 4. The molecule has 7 rings (SSSR count). The van der Waals surface area contributed by atoms with E-state index in [0.29, 0.717) is 17.9 Å². The molecule has 1 amide bonds. The molecule has 0 radical (unpaired) electrons. The fourth-order valence-electron chi connectivity index (χ4n) is 6.01. The molecular formula is C25H30N2O4S. The van der Waals surface area contributed by atoms with Crippen molar-refractivity contribution >= 4 is 16.0 Å². The molecule has 3 saturated heterocycles. The van der Waals surface area contributed by atoms with Crippen LogP contribution in [-0.4, -0.2) is 60.9 Å². The molecule has 5 aliphatic rings. The zero-order valence-corrected chi connectivity index (χ0v) is 19.0. The molecule has 1 N–H and O–H groups in total. The van der Waals surface area contributed by atoms with Gasteiger partial charge in [-0.15, -0.1) is 0 Å². The molecule has 0 saturated carbocycles. The van der Waals surface area contributed by atoms with E-state index in [1.807, 2.05) is 0 Å². The summed E-state index contributed by atoms with van der Waals surface area (Å²) in [4.78, 5) is 17.9. The van der Waals surface area contributed by atoms with Gasteiger partial charge in [0.1, 0.15) is 0 Å². The number of fused-ring (bicyclic) bond motifs is 3. The van der Waals surface area contributed by atoms with Crippen LogP contribution in [0.4, 0.5) is 0 Å². The first-order valence-corrected chi connectivity index (χ1v) is 13.0. The maximum atomic E-state index is 13.1. The number of amides is 1. The molecule has 4 aliphatic heterocycles. The third kappa shape index (κ3) is 4.09.